The number of aromatic nitrogens is 2. The second-order valence-corrected chi connectivity index (χ2v) is 7.06. The zero-order chi connectivity index (χ0) is 18.4. The average Bonchev–Trinajstić information content (AvgIpc) is 3.01. The topological polar surface area (TPSA) is 79.0 Å². The van der Waals surface area contributed by atoms with Crippen LogP contribution in [-0.2, 0) is 11.3 Å². The Hall–Kier alpha value is -2.38. The van der Waals surface area contributed by atoms with Crippen molar-refractivity contribution in [2.75, 3.05) is 52.1 Å². The molecule has 2 aromatic rings. The lowest BCUT2D eigenvalue weighted by Gasteiger charge is -2.27. The van der Waals surface area contributed by atoms with Crippen LogP contribution in [0.25, 0.3) is 0 Å². The van der Waals surface area contributed by atoms with Crippen molar-refractivity contribution in [2.24, 2.45) is 0 Å². The Balaban J connectivity index is 1.44. The Morgan fingerprint density at radius 2 is 1.96 bits per heavy atom. The van der Waals surface area contributed by atoms with Gasteiger partial charge in [0.25, 0.3) is 0 Å². The van der Waals surface area contributed by atoms with E-state index in [0.717, 1.165) is 18.5 Å². The third-order valence-electron chi connectivity index (χ3n) is 4.92. The predicted octanol–water partition coefficient (Wildman–Crippen LogP) is -1.53. The number of quaternary nitrogens is 2. The predicted molar refractivity (Wildman–Crippen MR) is 99.3 cm³/mol. The van der Waals surface area contributed by atoms with Crippen LogP contribution in [0.5, 0.6) is 0 Å². The van der Waals surface area contributed by atoms with Gasteiger partial charge in [0.05, 0.1) is 26.7 Å². The molecule has 0 spiro atoms. The van der Waals surface area contributed by atoms with Gasteiger partial charge in [0, 0.05) is 12.6 Å². The van der Waals surface area contributed by atoms with E-state index < -0.39 is 0 Å². The maximum atomic E-state index is 12.3. The van der Waals surface area contributed by atoms with Crippen molar-refractivity contribution >= 4 is 11.8 Å². The second kappa shape index (κ2) is 8.82. The van der Waals surface area contributed by atoms with Gasteiger partial charge in [0.15, 0.2) is 5.82 Å². The summed E-state index contributed by atoms with van der Waals surface area (Å²) in [6.45, 7) is 6.86. The van der Waals surface area contributed by atoms with Gasteiger partial charge in [-0.1, -0.05) is 30.3 Å². The lowest BCUT2D eigenvalue weighted by molar-refractivity contribution is -1.00. The van der Waals surface area contributed by atoms with Crippen LogP contribution >= 0.6 is 0 Å². The van der Waals surface area contributed by atoms with Gasteiger partial charge in [-0.2, -0.15) is 5.10 Å². The number of ether oxygens (including phenoxy) is 1. The summed E-state index contributed by atoms with van der Waals surface area (Å²) in [4.78, 5) is 15.5. The van der Waals surface area contributed by atoms with Crippen molar-refractivity contribution < 1.29 is 19.3 Å². The van der Waals surface area contributed by atoms with E-state index in [1.54, 1.807) is 20.7 Å². The SMILES string of the molecule is C[NH+]1CC[NH+](CCCOC(=O)c2cn(Cc3ccccc3)nc2N)CC1. The molecule has 3 rings (SSSR count). The average molecular weight is 359 g/mol. The van der Waals surface area contributed by atoms with Gasteiger partial charge >= 0.3 is 5.97 Å². The number of piperazine rings is 1. The number of likely N-dealkylation sites (N-methyl/N-ethyl adjacent to an activating group) is 1. The molecule has 0 amide bonds. The third-order valence-corrected chi connectivity index (χ3v) is 4.92. The highest BCUT2D eigenvalue weighted by Crippen LogP contribution is 2.12. The number of anilines is 1. The molecule has 0 unspecified atom stereocenters. The maximum absolute atomic E-state index is 12.3. The van der Waals surface area contributed by atoms with E-state index in [4.69, 9.17) is 10.5 Å². The van der Waals surface area contributed by atoms with Crippen LogP contribution in [0.4, 0.5) is 5.82 Å². The van der Waals surface area contributed by atoms with Crippen LogP contribution in [0, 0.1) is 0 Å². The van der Waals surface area contributed by atoms with E-state index in [1.165, 1.54) is 26.2 Å². The smallest absolute Gasteiger partial charge is 0.343 e. The van der Waals surface area contributed by atoms with Crippen molar-refractivity contribution in [1.29, 1.82) is 0 Å². The molecule has 0 radical (unpaired) electrons. The van der Waals surface area contributed by atoms with Crippen molar-refractivity contribution in [3.8, 4) is 0 Å². The number of hydrogen-bond donors (Lipinski definition) is 3. The molecule has 2 heterocycles. The summed E-state index contributed by atoms with van der Waals surface area (Å²) in [7, 11) is 2.24. The minimum atomic E-state index is -0.389. The molecule has 1 fully saturated rings. The number of carbonyl (C=O) groups is 1. The van der Waals surface area contributed by atoms with Crippen molar-refractivity contribution in [3.05, 3.63) is 47.7 Å². The number of hydrogen-bond acceptors (Lipinski definition) is 4. The number of esters is 1. The van der Waals surface area contributed by atoms with Crippen LogP contribution in [0.3, 0.4) is 0 Å². The Labute approximate surface area is 154 Å². The monoisotopic (exact) mass is 359 g/mol. The first-order valence-electron chi connectivity index (χ1n) is 9.30. The largest absolute Gasteiger partial charge is 0.462 e. The molecular formula is C19H29N5O2+2. The highest BCUT2D eigenvalue weighted by Gasteiger charge is 2.20. The number of nitrogens with one attached hydrogen (secondary N) is 2. The summed E-state index contributed by atoms with van der Waals surface area (Å²) in [5.74, 6) is -0.168. The standard InChI is InChI=1S/C19H27N5O2/c1-22-9-11-23(12-10-22)8-5-13-26-19(25)17-15-24(21-18(17)20)14-16-6-3-2-4-7-16/h2-4,6-7,15H,5,8-14H2,1H3,(H2,20,21)/p+2. The van der Waals surface area contributed by atoms with Crippen LogP contribution in [-0.4, -0.2) is 62.1 Å². The Kier molecular flexibility index (Phi) is 6.25. The first kappa shape index (κ1) is 18.4. The van der Waals surface area contributed by atoms with Gasteiger partial charge in [0.2, 0.25) is 0 Å². The summed E-state index contributed by atoms with van der Waals surface area (Å²) in [5, 5.41) is 4.22. The van der Waals surface area contributed by atoms with Gasteiger partial charge in [-0.25, -0.2) is 4.79 Å². The van der Waals surface area contributed by atoms with E-state index in [-0.39, 0.29) is 11.8 Å². The number of nitrogens with two attached hydrogens (primary N) is 1. The lowest BCUT2D eigenvalue weighted by atomic mass is 10.2. The highest BCUT2D eigenvalue weighted by molar-refractivity contribution is 5.93. The summed E-state index contributed by atoms with van der Waals surface area (Å²) in [6.07, 6.45) is 2.54. The number of nitrogens with zero attached hydrogens (tertiary/aromatic N) is 2. The lowest BCUT2D eigenvalue weighted by Crippen LogP contribution is -3.27. The fourth-order valence-electron chi connectivity index (χ4n) is 3.29. The molecule has 0 bridgehead atoms. The number of benzene rings is 1. The third kappa shape index (κ3) is 5.06. The van der Waals surface area contributed by atoms with Gasteiger partial charge in [-0.3, -0.25) is 4.68 Å². The fraction of sp³-hybridized carbons (Fsp3) is 0.474. The Morgan fingerprint density at radius 3 is 2.69 bits per heavy atom. The van der Waals surface area contributed by atoms with Gasteiger partial charge in [0.1, 0.15) is 31.7 Å². The summed E-state index contributed by atoms with van der Waals surface area (Å²) in [5.41, 5.74) is 7.34. The number of rotatable bonds is 7. The zero-order valence-corrected chi connectivity index (χ0v) is 15.4. The quantitative estimate of drug-likeness (QED) is 0.414. The molecule has 0 atom stereocenters. The van der Waals surface area contributed by atoms with Crippen molar-refractivity contribution in [1.82, 2.24) is 9.78 Å². The molecule has 1 saturated heterocycles. The van der Waals surface area contributed by atoms with Crippen LogP contribution in [0.2, 0.25) is 0 Å². The van der Waals surface area contributed by atoms with Crippen molar-refractivity contribution in [2.45, 2.75) is 13.0 Å². The van der Waals surface area contributed by atoms with Crippen LogP contribution < -0.4 is 15.5 Å². The minimum Gasteiger partial charge on any atom is -0.462 e. The van der Waals surface area contributed by atoms with Gasteiger partial charge in [-0.15, -0.1) is 0 Å². The van der Waals surface area contributed by atoms with Gasteiger partial charge < -0.3 is 20.3 Å². The summed E-state index contributed by atoms with van der Waals surface area (Å²) in [6, 6.07) is 9.94. The van der Waals surface area contributed by atoms with E-state index in [2.05, 4.69) is 12.1 Å². The molecular weight excluding hydrogens is 330 g/mol. The molecule has 0 saturated carbocycles. The molecule has 1 aromatic heterocycles. The first-order chi connectivity index (χ1) is 12.6. The summed E-state index contributed by atoms with van der Waals surface area (Å²) >= 11 is 0. The normalized spacial score (nSPS) is 20.0. The fourth-order valence-corrected chi connectivity index (χ4v) is 3.29. The van der Waals surface area contributed by atoms with E-state index in [0.29, 0.717) is 18.7 Å². The molecule has 140 valence electrons. The van der Waals surface area contributed by atoms with E-state index in [1.807, 2.05) is 30.3 Å². The second-order valence-electron chi connectivity index (χ2n) is 7.06. The van der Waals surface area contributed by atoms with Crippen LogP contribution in [0.15, 0.2) is 36.5 Å². The number of carbonyl (C=O) groups excluding carboxylic acids is 1. The first-order valence-corrected chi connectivity index (χ1v) is 9.30. The van der Waals surface area contributed by atoms with Crippen molar-refractivity contribution in [3.63, 3.8) is 0 Å². The molecule has 26 heavy (non-hydrogen) atoms. The molecule has 7 heteroatoms. The Bertz CT molecular complexity index is 708. The Morgan fingerprint density at radius 1 is 1.23 bits per heavy atom. The minimum absolute atomic E-state index is 0.221. The maximum Gasteiger partial charge on any atom is 0.343 e. The molecule has 7 nitrogen and oxygen atoms in total. The van der Waals surface area contributed by atoms with Gasteiger partial charge in [-0.05, 0) is 5.56 Å². The van der Waals surface area contributed by atoms with E-state index in [9.17, 15) is 4.79 Å². The zero-order valence-electron chi connectivity index (χ0n) is 15.4. The van der Waals surface area contributed by atoms with E-state index >= 15 is 0 Å². The molecule has 4 N–H and O–H groups in total. The number of nitrogen functional groups attached to an aromatic ring is 1. The molecule has 1 aliphatic heterocycles. The summed E-state index contributed by atoms with van der Waals surface area (Å²) < 4.78 is 7.07. The highest BCUT2D eigenvalue weighted by atomic mass is 16.5. The molecule has 1 aromatic carbocycles. The molecule has 1 aliphatic rings. The van der Waals surface area contributed by atoms with Crippen LogP contribution in [0.1, 0.15) is 22.3 Å². The molecule has 0 aliphatic carbocycles.